The third-order valence-corrected chi connectivity index (χ3v) is 5.03. The van der Waals surface area contributed by atoms with Gasteiger partial charge in [0.15, 0.2) is 0 Å². The lowest BCUT2D eigenvalue weighted by atomic mass is 9.76. The molecule has 2 aromatic rings. The van der Waals surface area contributed by atoms with Gasteiger partial charge in [-0.3, -0.25) is 0 Å². The summed E-state index contributed by atoms with van der Waals surface area (Å²) in [7, 11) is 1.67. The molecular formula is C18H20BrNO. The minimum atomic E-state index is -0.0935. The third kappa shape index (κ3) is 2.85. The molecule has 0 spiro atoms. The van der Waals surface area contributed by atoms with E-state index in [4.69, 9.17) is 10.5 Å². The lowest BCUT2D eigenvalue weighted by Gasteiger charge is -2.29. The summed E-state index contributed by atoms with van der Waals surface area (Å²) < 4.78 is 6.23. The van der Waals surface area contributed by atoms with Gasteiger partial charge in [-0.1, -0.05) is 36.8 Å². The van der Waals surface area contributed by atoms with Gasteiger partial charge in [-0.15, -0.1) is 0 Å². The normalized spacial score (nSPS) is 16.3. The molecular weight excluding hydrogens is 326 g/mol. The fraction of sp³-hybridized carbons (Fsp3) is 0.333. The van der Waals surface area contributed by atoms with Crippen molar-refractivity contribution in [1.82, 2.24) is 0 Å². The average Bonchev–Trinajstić information content (AvgIpc) is 2.45. The zero-order valence-corrected chi connectivity index (χ0v) is 13.8. The number of methoxy groups -OCH3 is 1. The van der Waals surface area contributed by atoms with Crippen molar-refractivity contribution in [2.45, 2.75) is 31.2 Å². The van der Waals surface area contributed by atoms with Crippen LogP contribution in [0.4, 0.5) is 0 Å². The van der Waals surface area contributed by atoms with Crippen LogP contribution < -0.4 is 10.5 Å². The third-order valence-electron chi connectivity index (χ3n) is 4.41. The molecule has 0 amide bonds. The molecule has 3 rings (SSSR count). The van der Waals surface area contributed by atoms with Gasteiger partial charge in [-0.05, 0) is 63.5 Å². The molecule has 21 heavy (non-hydrogen) atoms. The largest absolute Gasteiger partial charge is 0.496 e. The van der Waals surface area contributed by atoms with Crippen molar-refractivity contribution in [3.8, 4) is 5.75 Å². The van der Waals surface area contributed by atoms with Crippen LogP contribution >= 0.6 is 15.9 Å². The number of hydrogen-bond acceptors (Lipinski definition) is 2. The maximum atomic E-state index is 6.53. The highest BCUT2D eigenvalue weighted by Crippen LogP contribution is 2.40. The standard InChI is InChI=1S/C18H20BrNO/c1-21-17-10-9-13(11-16(17)19)18(20)15-8-3-2-7-14(15)12-5-4-6-12/h2-3,7-12,18H,4-6,20H2,1H3. The summed E-state index contributed by atoms with van der Waals surface area (Å²) in [5.41, 5.74) is 10.3. The summed E-state index contributed by atoms with van der Waals surface area (Å²) in [5.74, 6) is 1.52. The van der Waals surface area contributed by atoms with Gasteiger partial charge in [0.05, 0.1) is 17.6 Å². The second-order valence-electron chi connectivity index (χ2n) is 5.63. The molecule has 0 bridgehead atoms. The van der Waals surface area contributed by atoms with Crippen molar-refractivity contribution in [3.63, 3.8) is 0 Å². The smallest absolute Gasteiger partial charge is 0.133 e. The Bertz CT molecular complexity index is 637. The van der Waals surface area contributed by atoms with Crippen molar-refractivity contribution in [1.29, 1.82) is 0 Å². The van der Waals surface area contributed by atoms with Gasteiger partial charge in [0.2, 0.25) is 0 Å². The molecule has 0 heterocycles. The van der Waals surface area contributed by atoms with Crippen LogP contribution in [0.25, 0.3) is 0 Å². The molecule has 2 N–H and O–H groups in total. The van der Waals surface area contributed by atoms with E-state index in [1.54, 1.807) is 7.11 Å². The van der Waals surface area contributed by atoms with E-state index < -0.39 is 0 Å². The highest BCUT2D eigenvalue weighted by Gasteiger charge is 2.24. The molecule has 1 fully saturated rings. The first-order chi connectivity index (χ1) is 10.2. The highest BCUT2D eigenvalue weighted by atomic mass is 79.9. The van der Waals surface area contributed by atoms with Crippen molar-refractivity contribution >= 4 is 15.9 Å². The molecule has 1 atom stereocenters. The first-order valence-corrected chi connectivity index (χ1v) is 8.18. The van der Waals surface area contributed by atoms with Gasteiger partial charge in [-0.2, -0.15) is 0 Å². The molecule has 2 aromatic carbocycles. The first kappa shape index (κ1) is 14.6. The number of rotatable bonds is 4. The van der Waals surface area contributed by atoms with Crippen LogP contribution in [0.2, 0.25) is 0 Å². The van der Waals surface area contributed by atoms with E-state index in [9.17, 15) is 0 Å². The number of ether oxygens (including phenoxy) is 1. The fourth-order valence-corrected chi connectivity index (χ4v) is 3.50. The Kier molecular flexibility index (Phi) is 4.32. The quantitative estimate of drug-likeness (QED) is 0.865. The van der Waals surface area contributed by atoms with Gasteiger partial charge in [0.1, 0.15) is 5.75 Å². The predicted molar refractivity (Wildman–Crippen MR) is 89.8 cm³/mol. The van der Waals surface area contributed by atoms with Crippen LogP contribution in [-0.2, 0) is 0 Å². The topological polar surface area (TPSA) is 35.2 Å². The molecule has 1 saturated carbocycles. The van der Waals surface area contributed by atoms with E-state index in [0.717, 1.165) is 15.8 Å². The molecule has 1 unspecified atom stereocenters. The van der Waals surface area contributed by atoms with Crippen molar-refractivity contribution in [2.75, 3.05) is 7.11 Å². The Labute approximate surface area is 134 Å². The molecule has 2 nitrogen and oxygen atoms in total. The maximum Gasteiger partial charge on any atom is 0.133 e. The molecule has 1 aliphatic rings. The summed E-state index contributed by atoms with van der Waals surface area (Å²) in [6.07, 6.45) is 3.91. The molecule has 110 valence electrons. The van der Waals surface area contributed by atoms with Crippen LogP contribution in [0.1, 0.15) is 47.9 Å². The van der Waals surface area contributed by atoms with Crippen LogP contribution in [0.15, 0.2) is 46.9 Å². The van der Waals surface area contributed by atoms with Crippen LogP contribution in [0.5, 0.6) is 5.75 Å². The van der Waals surface area contributed by atoms with E-state index in [1.165, 1.54) is 30.4 Å². The average molecular weight is 346 g/mol. The van der Waals surface area contributed by atoms with E-state index >= 15 is 0 Å². The number of hydrogen-bond donors (Lipinski definition) is 1. The molecule has 0 aliphatic heterocycles. The minimum absolute atomic E-state index is 0.0935. The maximum absolute atomic E-state index is 6.53. The van der Waals surface area contributed by atoms with Crippen molar-refractivity contribution in [3.05, 3.63) is 63.6 Å². The molecule has 0 aromatic heterocycles. The zero-order chi connectivity index (χ0) is 14.8. The summed E-state index contributed by atoms with van der Waals surface area (Å²) in [5, 5.41) is 0. The monoisotopic (exact) mass is 345 g/mol. The minimum Gasteiger partial charge on any atom is -0.496 e. The van der Waals surface area contributed by atoms with E-state index in [1.807, 2.05) is 12.1 Å². The van der Waals surface area contributed by atoms with E-state index in [0.29, 0.717) is 5.92 Å². The molecule has 0 radical (unpaired) electrons. The van der Waals surface area contributed by atoms with Crippen LogP contribution in [-0.4, -0.2) is 7.11 Å². The number of halogens is 1. The summed E-state index contributed by atoms with van der Waals surface area (Å²) in [4.78, 5) is 0. The lowest BCUT2D eigenvalue weighted by Crippen LogP contribution is -2.18. The Hall–Kier alpha value is -1.32. The summed E-state index contributed by atoms with van der Waals surface area (Å²) in [6.45, 7) is 0. The van der Waals surface area contributed by atoms with Gasteiger partial charge in [0.25, 0.3) is 0 Å². The predicted octanol–water partition coefficient (Wildman–Crippen LogP) is 4.77. The Morgan fingerprint density at radius 3 is 2.57 bits per heavy atom. The van der Waals surface area contributed by atoms with Crippen LogP contribution in [0, 0.1) is 0 Å². The first-order valence-electron chi connectivity index (χ1n) is 7.38. The molecule has 1 aliphatic carbocycles. The van der Waals surface area contributed by atoms with Crippen molar-refractivity contribution in [2.24, 2.45) is 5.73 Å². The Balaban J connectivity index is 1.94. The van der Waals surface area contributed by atoms with Gasteiger partial charge in [0, 0.05) is 0 Å². The summed E-state index contributed by atoms with van der Waals surface area (Å²) in [6, 6.07) is 14.6. The number of benzene rings is 2. The lowest BCUT2D eigenvalue weighted by molar-refractivity contribution is 0.411. The van der Waals surface area contributed by atoms with Gasteiger partial charge < -0.3 is 10.5 Å². The van der Waals surface area contributed by atoms with Crippen LogP contribution in [0.3, 0.4) is 0 Å². The Morgan fingerprint density at radius 2 is 1.95 bits per heavy atom. The van der Waals surface area contributed by atoms with E-state index in [-0.39, 0.29) is 6.04 Å². The summed E-state index contributed by atoms with van der Waals surface area (Å²) >= 11 is 3.54. The van der Waals surface area contributed by atoms with E-state index in [2.05, 4.69) is 46.3 Å². The second-order valence-corrected chi connectivity index (χ2v) is 6.48. The second kappa shape index (κ2) is 6.20. The van der Waals surface area contributed by atoms with Gasteiger partial charge >= 0.3 is 0 Å². The van der Waals surface area contributed by atoms with Crippen molar-refractivity contribution < 1.29 is 4.74 Å². The Morgan fingerprint density at radius 1 is 1.19 bits per heavy atom. The van der Waals surface area contributed by atoms with Gasteiger partial charge in [-0.25, -0.2) is 0 Å². The SMILES string of the molecule is COc1ccc(C(N)c2ccccc2C2CCC2)cc1Br. The molecule has 3 heteroatoms. The molecule has 0 saturated heterocycles. The zero-order valence-electron chi connectivity index (χ0n) is 12.2. The highest BCUT2D eigenvalue weighted by molar-refractivity contribution is 9.10. The number of nitrogens with two attached hydrogens (primary N) is 1. The fourth-order valence-electron chi connectivity index (χ4n) is 2.94.